The number of hydrogen-bond donors (Lipinski definition) is 3. The van der Waals surface area contributed by atoms with E-state index < -0.39 is 17.7 Å². The van der Waals surface area contributed by atoms with E-state index >= 15 is 0 Å². The predicted molar refractivity (Wildman–Crippen MR) is 110 cm³/mol. The van der Waals surface area contributed by atoms with Gasteiger partial charge in [-0.1, -0.05) is 0 Å². The minimum absolute atomic E-state index is 0.0695. The molecule has 0 bridgehead atoms. The van der Waals surface area contributed by atoms with Gasteiger partial charge in [0.2, 0.25) is 5.91 Å². The highest BCUT2D eigenvalue weighted by Crippen LogP contribution is 2.32. The number of phenolic OH excluding ortho intramolecular Hbond substituents is 1. The molecule has 0 aliphatic heterocycles. The third-order valence-electron chi connectivity index (χ3n) is 3.57. The number of hydrogen-bond acceptors (Lipinski definition) is 5. The molecule has 0 spiro atoms. The zero-order valence-corrected chi connectivity index (χ0v) is 17.7. The largest absolute Gasteiger partial charge is 0.506 e. The Morgan fingerprint density at radius 2 is 1.74 bits per heavy atom. The summed E-state index contributed by atoms with van der Waals surface area (Å²) in [6.45, 7) is 1.48. The first-order valence-corrected chi connectivity index (χ1v) is 9.36. The quantitative estimate of drug-likeness (QED) is 0.321. The van der Waals surface area contributed by atoms with Gasteiger partial charge >= 0.3 is 0 Å². The second-order valence-electron chi connectivity index (χ2n) is 5.51. The van der Waals surface area contributed by atoms with E-state index in [9.17, 15) is 14.7 Å². The third-order valence-corrected chi connectivity index (χ3v) is 4.78. The molecule has 0 saturated carbocycles. The van der Waals surface area contributed by atoms with Crippen molar-refractivity contribution in [3.63, 3.8) is 0 Å². The van der Waals surface area contributed by atoms with Gasteiger partial charge < -0.3 is 15.2 Å². The minimum Gasteiger partial charge on any atom is -0.506 e. The minimum atomic E-state index is -0.942. The number of anilines is 1. The zero-order valence-electron chi connectivity index (χ0n) is 14.5. The van der Waals surface area contributed by atoms with Gasteiger partial charge in [-0.05, 0) is 80.7 Å². The summed E-state index contributed by atoms with van der Waals surface area (Å²) in [4.78, 5) is 24.3. The predicted octanol–water partition coefficient (Wildman–Crippen LogP) is 3.65. The number of methoxy groups -OCH3 is 1. The molecule has 1 atom stereocenters. The van der Waals surface area contributed by atoms with E-state index in [0.717, 1.165) is 0 Å². The van der Waals surface area contributed by atoms with Crippen molar-refractivity contribution in [3.8, 4) is 11.5 Å². The molecule has 9 heteroatoms. The standard InChI is InChI=1S/C18H17Br2N3O4/c1-10(17(25)22-12-3-5-13(27-2)6-4-12)18(26)23-21-9-11-7-14(19)16(24)15(20)8-11/h3-10,24H,1-2H3,(H,22,25)(H,23,26). The molecule has 2 amide bonds. The van der Waals surface area contributed by atoms with Crippen molar-refractivity contribution in [2.75, 3.05) is 12.4 Å². The van der Waals surface area contributed by atoms with E-state index in [1.807, 2.05) is 0 Å². The number of benzene rings is 2. The fourth-order valence-electron chi connectivity index (χ4n) is 1.97. The lowest BCUT2D eigenvalue weighted by molar-refractivity contribution is -0.131. The Hall–Kier alpha value is -2.39. The Morgan fingerprint density at radius 3 is 2.30 bits per heavy atom. The molecule has 2 rings (SSSR count). The first-order valence-electron chi connectivity index (χ1n) is 7.77. The van der Waals surface area contributed by atoms with Crippen LogP contribution in [0, 0.1) is 5.92 Å². The Balaban J connectivity index is 1.93. The van der Waals surface area contributed by atoms with Crippen LogP contribution in [0.5, 0.6) is 11.5 Å². The van der Waals surface area contributed by atoms with Gasteiger partial charge in [0.05, 0.1) is 22.3 Å². The molecule has 142 valence electrons. The third kappa shape index (κ3) is 5.80. The summed E-state index contributed by atoms with van der Waals surface area (Å²) in [5.74, 6) is -1.21. The van der Waals surface area contributed by atoms with Crippen LogP contribution >= 0.6 is 31.9 Å². The van der Waals surface area contributed by atoms with Crippen molar-refractivity contribution >= 4 is 55.6 Å². The van der Waals surface area contributed by atoms with E-state index in [1.54, 1.807) is 43.5 Å². The number of phenols is 1. The van der Waals surface area contributed by atoms with Crippen molar-refractivity contribution in [1.29, 1.82) is 0 Å². The summed E-state index contributed by atoms with van der Waals surface area (Å²) in [6.07, 6.45) is 1.40. The van der Waals surface area contributed by atoms with Gasteiger partial charge in [-0.25, -0.2) is 5.43 Å². The molecule has 2 aromatic carbocycles. The van der Waals surface area contributed by atoms with Crippen LogP contribution in [0.1, 0.15) is 12.5 Å². The van der Waals surface area contributed by atoms with Crippen molar-refractivity contribution in [3.05, 3.63) is 50.9 Å². The van der Waals surface area contributed by atoms with Crippen LogP contribution in [-0.2, 0) is 9.59 Å². The fraction of sp³-hybridized carbons (Fsp3) is 0.167. The summed E-state index contributed by atoms with van der Waals surface area (Å²) in [5.41, 5.74) is 3.52. The zero-order chi connectivity index (χ0) is 20.0. The van der Waals surface area contributed by atoms with E-state index in [0.29, 0.717) is 25.9 Å². The summed E-state index contributed by atoms with van der Waals surface area (Å²) in [7, 11) is 1.55. The topological polar surface area (TPSA) is 100 Å². The van der Waals surface area contributed by atoms with Gasteiger partial charge in [-0.15, -0.1) is 0 Å². The lowest BCUT2D eigenvalue weighted by atomic mass is 10.1. The van der Waals surface area contributed by atoms with E-state index in [4.69, 9.17) is 4.74 Å². The van der Waals surface area contributed by atoms with Crippen LogP contribution in [-0.4, -0.2) is 30.2 Å². The number of hydrazone groups is 1. The van der Waals surface area contributed by atoms with Crippen LogP contribution in [0.3, 0.4) is 0 Å². The number of amides is 2. The van der Waals surface area contributed by atoms with Gasteiger partial charge in [0.1, 0.15) is 17.4 Å². The van der Waals surface area contributed by atoms with Crippen molar-refractivity contribution in [2.24, 2.45) is 11.0 Å². The van der Waals surface area contributed by atoms with Gasteiger partial charge in [-0.3, -0.25) is 9.59 Å². The van der Waals surface area contributed by atoms with E-state index in [2.05, 4.69) is 47.7 Å². The highest BCUT2D eigenvalue weighted by molar-refractivity contribution is 9.11. The summed E-state index contributed by atoms with van der Waals surface area (Å²) in [6, 6.07) is 10.0. The maximum Gasteiger partial charge on any atom is 0.252 e. The Morgan fingerprint density at radius 1 is 1.15 bits per heavy atom. The second-order valence-corrected chi connectivity index (χ2v) is 7.22. The maximum atomic E-state index is 12.2. The molecule has 3 N–H and O–H groups in total. The molecule has 0 heterocycles. The van der Waals surface area contributed by atoms with Gasteiger partial charge in [0, 0.05) is 5.69 Å². The van der Waals surface area contributed by atoms with Gasteiger partial charge in [0.15, 0.2) is 0 Å². The average molecular weight is 499 g/mol. The van der Waals surface area contributed by atoms with Crippen molar-refractivity contribution < 1.29 is 19.4 Å². The van der Waals surface area contributed by atoms with Gasteiger partial charge in [-0.2, -0.15) is 5.10 Å². The lowest BCUT2D eigenvalue weighted by Gasteiger charge is -2.11. The van der Waals surface area contributed by atoms with Crippen LogP contribution in [0.15, 0.2) is 50.4 Å². The molecule has 7 nitrogen and oxygen atoms in total. The molecular formula is C18H17Br2N3O4. The number of nitrogens with zero attached hydrogens (tertiary/aromatic N) is 1. The second kappa shape index (κ2) is 9.52. The number of ether oxygens (including phenoxy) is 1. The van der Waals surface area contributed by atoms with Crippen LogP contribution in [0.4, 0.5) is 5.69 Å². The van der Waals surface area contributed by atoms with Crippen molar-refractivity contribution in [2.45, 2.75) is 6.92 Å². The molecule has 0 saturated heterocycles. The molecule has 0 radical (unpaired) electrons. The molecule has 0 aliphatic carbocycles. The molecule has 2 aromatic rings. The van der Waals surface area contributed by atoms with Gasteiger partial charge in [0.25, 0.3) is 5.91 Å². The molecule has 0 aliphatic rings. The summed E-state index contributed by atoms with van der Waals surface area (Å²) < 4.78 is 6.02. The molecular weight excluding hydrogens is 482 g/mol. The molecule has 0 aromatic heterocycles. The summed E-state index contributed by atoms with van der Waals surface area (Å²) in [5, 5.41) is 16.2. The lowest BCUT2D eigenvalue weighted by Crippen LogP contribution is -2.34. The number of aromatic hydroxyl groups is 1. The van der Waals surface area contributed by atoms with E-state index in [-0.39, 0.29) is 5.75 Å². The molecule has 27 heavy (non-hydrogen) atoms. The molecule has 0 fully saturated rings. The Kier molecular flexibility index (Phi) is 7.37. The fourth-order valence-corrected chi connectivity index (χ4v) is 3.19. The monoisotopic (exact) mass is 497 g/mol. The number of rotatable bonds is 6. The van der Waals surface area contributed by atoms with Crippen LogP contribution in [0.2, 0.25) is 0 Å². The normalized spacial score (nSPS) is 11.9. The van der Waals surface area contributed by atoms with Crippen LogP contribution in [0.25, 0.3) is 0 Å². The number of carbonyl (C=O) groups excluding carboxylic acids is 2. The SMILES string of the molecule is COc1ccc(NC(=O)C(C)C(=O)NN=Cc2cc(Br)c(O)c(Br)c2)cc1. The van der Waals surface area contributed by atoms with E-state index in [1.165, 1.54) is 13.1 Å². The number of nitrogens with one attached hydrogen (secondary N) is 2. The number of carbonyl (C=O) groups is 2. The Labute approximate surface area is 173 Å². The first-order chi connectivity index (χ1) is 12.8. The highest BCUT2D eigenvalue weighted by Gasteiger charge is 2.21. The number of halogens is 2. The van der Waals surface area contributed by atoms with Crippen LogP contribution < -0.4 is 15.5 Å². The van der Waals surface area contributed by atoms with Crippen molar-refractivity contribution in [1.82, 2.24) is 5.43 Å². The summed E-state index contributed by atoms with van der Waals surface area (Å²) >= 11 is 6.42. The average Bonchev–Trinajstić information content (AvgIpc) is 2.65. The maximum absolute atomic E-state index is 12.2. The smallest absolute Gasteiger partial charge is 0.252 e. The Bertz CT molecular complexity index is 846. The molecule has 1 unspecified atom stereocenters. The first kappa shape index (κ1) is 20.9. The highest BCUT2D eigenvalue weighted by atomic mass is 79.9.